The molecule has 1 unspecified atom stereocenters. The van der Waals surface area contributed by atoms with Gasteiger partial charge in [0.2, 0.25) is 0 Å². The molecular formula is C15H15BrF2N2. The predicted octanol–water partition coefficient (Wildman–Crippen LogP) is 3.78. The maximum absolute atomic E-state index is 14.1. The molecule has 0 bridgehead atoms. The molecule has 5 heteroatoms. The number of halogens is 3. The summed E-state index contributed by atoms with van der Waals surface area (Å²) in [5.41, 5.74) is 4.36. The van der Waals surface area contributed by atoms with E-state index in [1.807, 2.05) is 0 Å². The van der Waals surface area contributed by atoms with Crippen molar-refractivity contribution < 1.29 is 8.78 Å². The molecule has 0 spiro atoms. The van der Waals surface area contributed by atoms with Gasteiger partial charge in [0.25, 0.3) is 0 Å². The van der Waals surface area contributed by atoms with E-state index < -0.39 is 6.04 Å². The Morgan fingerprint density at radius 3 is 2.60 bits per heavy atom. The van der Waals surface area contributed by atoms with E-state index in [9.17, 15) is 8.78 Å². The Balaban J connectivity index is 2.34. The molecule has 0 amide bonds. The first kappa shape index (κ1) is 15.1. The number of nitrogens with two attached hydrogens (primary N) is 1. The van der Waals surface area contributed by atoms with Crippen molar-refractivity contribution in [2.24, 2.45) is 5.84 Å². The van der Waals surface area contributed by atoms with Crippen molar-refractivity contribution in [3.63, 3.8) is 0 Å². The number of hydrazine groups is 1. The Kier molecular flexibility index (Phi) is 4.86. The minimum atomic E-state index is -0.423. The molecule has 0 aliphatic rings. The molecule has 3 N–H and O–H groups in total. The van der Waals surface area contributed by atoms with E-state index in [1.165, 1.54) is 6.07 Å². The normalized spacial score (nSPS) is 12.4. The van der Waals surface area contributed by atoms with Gasteiger partial charge in [-0.1, -0.05) is 30.3 Å². The number of nitrogens with one attached hydrogen (secondary N) is 1. The van der Waals surface area contributed by atoms with Crippen LogP contribution in [0.25, 0.3) is 0 Å². The Labute approximate surface area is 125 Å². The lowest BCUT2D eigenvalue weighted by Crippen LogP contribution is -2.30. The zero-order valence-corrected chi connectivity index (χ0v) is 12.5. The molecule has 1 atom stereocenters. The predicted molar refractivity (Wildman–Crippen MR) is 79.0 cm³/mol. The molecular weight excluding hydrogens is 326 g/mol. The molecule has 20 heavy (non-hydrogen) atoms. The van der Waals surface area contributed by atoms with Crippen LogP contribution in [0.1, 0.15) is 22.7 Å². The summed E-state index contributed by atoms with van der Waals surface area (Å²) in [6, 6.07) is 9.50. The first-order valence-electron chi connectivity index (χ1n) is 6.18. The first-order chi connectivity index (χ1) is 9.54. The second-order valence-corrected chi connectivity index (χ2v) is 5.41. The van der Waals surface area contributed by atoms with Gasteiger partial charge in [-0.15, -0.1) is 0 Å². The number of rotatable bonds is 4. The fourth-order valence-corrected chi connectivity index (χ4v) is 2.55. The van der Waals surface area contributed by atoms with Crippen LogP contribution in [0, 0.1) is 18.6 Å². The molecule has 0 aliphatic carbocycles. The third-order valence-corrected chi connectivity index (χ3v) is 4.14. The second-order valence-electron chi connectivity index (χ2n) is 4.61. The van der Waals surface area contributed by atoms with Crippen LogP contribution in [0.3, 0.4) is 0 Å². The molecule has 0 radical (unpaired) electrons. The number of hydrogen-bond donors (Lipinski definition) is 2. The van der Waals surface area contributed by atoms with Gasteiger partial charge in [0.1, 0.15) is 11.6 Å². The molecule has 0 saturated heterocycles. The standard InChI is InChI=1S/C15H15BrF2N2/c1-9-4-2-6-11(15(9)18)13(20-19)8-10-5-3-7-12(17)14(10)16/h2-7,13,20H,8,19H2,1H3. The highest BCUT2D eigenvalue weighted by atomic mass is 79.9. The average Bonchev–Trinajstić information content (AvgIpc) is 2.44. The van der Waals surface area contributed by atoms with Gasteiger partial charge in [-0.05, 0) is 46.5 Å². The van der Waals surface area contributed by atoms with E-state index >= 15 is 0 Å². The lowest BCUT2D eigenvalue weighted by molar-refractivity contribution is 0.505. The zero-order valence-electron chi connectivity index (χ0n) is 11.0. The molecule has 0 heterocycles. The van der Waals surface area contributed by atoms with Crippen LogP contribution in [0.4, 0.5) is 8.78 Å². The van der Waals surface area contributed by atoms with Gasteiger partial charge in [-0.25, -0.2) is 8.78 Å². The molecule has 0 aromatic heterocycles. The smallest absolute Gasteiger partial charge is 0.137 e. The SMILES string of the molecule is Cc1cccc(C(Cc2cccc(F)c2Br)NN)c1F. The third-order valence-electron chi connectivity index (χ3n) is 3.25. The van der Waals surface area contributed by atoms with Crippen LogP contribution < -0.4 is 11.3 Å². The van der Waals surface area contributed by atoms with Gasteiger partial charge in [0, 0.05) is 5.56 Å². The highest BCUT2D eigenvalue weighted by Crippen LogP contribution is 2.27. The van der Waals surface area contributed by atoms with Gasteiger partial charge in [-0.2, -0.15) is 0 Å². The highest BCUT2D eigenvalue weighted by Gasteiger charge is 2.18. The van der Waals surface area contributed by atoms with Gasteiger partial charge in [-0.3, -0.25) is 11.3 Å². The van der Waals surface area contributed by atoms with Crippen molar-refractivity contribution in [1.29, 1.82) is 0 Å². The fourth-order valence-electron chi connectivity index (χ4n) is 2.12. The Bertz CT molecular complexity index is 617. The maximum atomic E-state index is 14.1. The number of benzene rings is 2. The van der Waals surface area contributed by atoms with Crippen molar-refractivity contribution in [3.05, 3.63) is 69.2 Å². The van der Waals surface area contributed by atoms with Crippen LogP contribution in [0.2, 0.25) is 0 Å². The molecule has 0 fully saturated rings. The van der Waals surface area contributed by atoms with E-state index in [2.05, 4.69) is 21.4 Å². The molecule has 106 valence electrons. The Hall–Kier alpha value is -1.30. The van der Waals surface area contributed by atoms with E-state index in [4.69, 9.17) is 5.84 Å². The molecule has 2 aromatic carbocycles. The first-order valence-corrected chi connectivity index (χ1v) is 6.98. The summed E-state index contributed by atoms with van der Waals surface area (Å²) in [6.45, 7) is 1.70. The fraction of sp³-hybridized carbons (Fsp3) is 0.200. The lowest BCUT2D eigenvalue weighted by atomic mass is 9.97. The van der Waals surface area contributed by atoms with Crippen LogP contribution in [0.15, 0.2) is 40.9 Å². The van der Waals surface area contributed by atoms with E-state index in [0.29, 0.717) is 22.0 Å². The van der Waals surface area contributed by atoms with Crippen molar-refractivity contribution in [2.75, 3.05) is 0 Å². The van der Waals surface area contributed by atoms with Gasteiger partial charge < -0.3 is 0 Å². The quantitative estimate of drug-likeness (QED) is 0.656. The zero-order chi connectivity index (χ0) is 14.7. The molecule has 0 saturated carbocycles. The largest absolute Gasteiger partial charge is 0.271 e. The summed E-state index contributed by atoms with van der Waals surface area (Å²) in [6.07, 6.45) is 0.384. The topological polar surface area (TPSA) is 38.0 Å². The van der Waals surface area contributed by atoms with Crippen molar-refractivity contribution in [3.8, 4) is 0 Å². The van der Waals surface area contributed by atoms with Gasteiger partial charge in [0.15, 0.2) is 0 Å². The monoisotopic (exact) mass is 340 g/mol. The number of hydrogen-bond acceptors (Lipinski definition) is 2. The Morgan fingerprint density at radius 1 is 1.20 bits per heavy atom. The lowest BCUT2D eigenvalue weighted by Gasteiger charge is -2.19. The van der Waals surface area contributed by atoms with E-state index in [0.717, 1.165) is 5.56 Å². The number of aryl methyl sites for hydroxylation is 1. The van der Waals surface area contributed by atoms with Crippen LogP contribution >= 0.6 is 15.9 Å². The van der Waals surface area contributed by atoms with E-state index in [-0.39, 0.29) is 11.6 Å². The summed E-state index contributed by atoms with van der Waals surface area (Å²) >= 11 is 3.21. The second kappa shape index (κ2) is 6.43. The molecule has 2 aromatic rings. The highest BCUT2D eigenvalue weighted by molar-refractivity contribution is 9.10. The molecule has 2 rings (SSSR count). The minimum absolute atomic E-state index is 0.289. The maximum Gasteiger partial charge on any atom is 0.137 e. The van der Waals surface area contributed by atoms with E-state index in [1.54, 1.807) is 37.3 Å². The van der Waals surface area contributed by atoms with Crippen LogP contribution in [-0.2, 0) is 6.42 Å². The summed E-state index contributed by atoms with van der Waals surface area (Å²) in [5, 5.41) is 0. The molecule has 0 aliphatic heterocycles. The summed E-state index contributed by atoms with van der Waals surface area (Å²) < 4.78 is 28.0. The van der Waals surface area contributed by atoms with Crippen molar-refractivity contribution in [2.45, 2.75) is 19.4 Å². The summed E-state index contributed by atoms with van der Waals surface area (Å²) in [5.74, 6) is 4.90. The summed E-state index contributed by atoms with van der Waals surface area (Å²) in [4.78, 5) is 0. The Morgan fingerprint density at radius 2 is 1.90 bits per heavy atom. The van der Waals surface area contributed by atoms with Crippen LogP contribution in [-0.4, -0.2) is 0 Å². The van der Waals surface area contributed by atoms with Crippen molar-refractivity contribution >= 4 is 15.9 Å². The third kappa shape index (κ3) is 3.06. The minimum Gasteiger partial charge on any atom is -0.271 e. The molecule has 2 nitrogen and oxygen atoms in total. The van der Waals surface area contributed by atoms with Crippen molar-refractivity contribution in [1.82, 2.24) is 5.43 Å². The van der Waals surface area contributed by atoms with Crippen LogP contribution in [0.5, 0.6) is 0 Å². The van der Waals surface area contributed by atoms with Gasteiger partial charge >= 0.3 is 0 Å². The summed E-state index contributed by atoms with van der Waals surface area (Å²) in [7, 11) is 0. The van der Waals surface area contributed by atoms with Gasteiger partial charge in [0.05, 0.1) is 10.5 Å². The average molecular weight is 341 g/mol.